The van der Waals surface area contributed by atoms with Gasteiger partial charge in [-0.1, -0.05) is 111 Å². The van der Waals surface area contributed by atoms with Gasteiger partial charge in [0.15, 0.2) is 0 Å². The van der Waals surface area contributed by atoms with E-state index in [0.717, 1.165) is 11.8 Å². The molecule has 2 atom stereocenters. The Bertz CT molecular complexity index is 165. The fourth-order valence-corrected chi connectivity index (χ4v) is 2.84. The maximum Gasteiger partial charge on any atom is -0.0386 e. The molecule has 0 bridgehead atoms. The first kappa shape index (κ1) is 20.0. The van der Waals surface area contributed by atoms with Crippen molar-refractivity contribution in [2.45, 2.75) is 118 Å². The van der Waals surface area contributed by atoms with E-state index in [9.17, 15) is 0 Å². The maximum atomic E-state index is 2.38. The van der Waals surface area contributed by atoms with E-state index < -0.39 is 0 Å². The molecule has 0 aromatic heterocycles. The largest absolute Gasteiger partial charge is 0.0654 e. The van der Waals surface area contributed by atoms with Crippen molar-refractivity contribution in [3.8, 4) is 0 Å². The molecule has 0 aromatic carbocycles. The van der Waals surface area contributed by atoms with E-state index in [2.05, 4.69) is 27.7 Å². The highest BCUT2D eigenvalue weighted by Crippen LogP contribution is 2.41. The van der Waals surface area contributed by atoms with Crippen LogP contribution >= 0.6 is 0 Å². The lowest BCUT2D eigenvalue weighted by atomic mass is 10.1. The van der Waals surface area contributed by atoms with Crippen LogP contribution in [-0.4, -0.2) is 0 Å². The molecule has 122 valence electrons. The molecular formula is C20H42. The molecule has 2 unspecified atom stereocenters. The summed E-state index contributed by atoms with van der Waals surface area (Å²) < 4.78 is 0. The highest BCUT2D eigenvalue weighted by Gasteiger charge is 2.31. The Morgan fingerprint density at radius 2 is 0.950 bits per heavy atom. The molecule has 1 rings (SSSR count). The summed E-state index contributed by atoms with van der Waals surface area (Å²) in [4.78, 5) is 0. The molecule has 1 saturated carbocycles. The third-order valence-electron chi connectivity index (χ3n) is 4.66. The van der Waals surface area contributed by atoms with Crippen molar-refractivity contribution in [1.82, 2.24) is 0 Å². The average molecular weight is 283 g/mol. The lowest BCUT2D eigenvalue weighted by Crippen LogP contribution is -1.80. The maximum absolute atomic E-state index is 2.38. The molecule has 0 aliphatic heterocycles. The van der Waals surface area contributed by atoms with Gasteiger partial charge in [-0.25, -0.2) is 0 Å². The molecule has 0 spiro atoms. The van der Waals surface area contributed by atoms with Crippen molar-refractivity contribution >= 4 is 0 Å². The summed E-state index contributed by atoms with van der Waals surface area (Å²) in [5.41, 5.74) is 0. The van der Waals surface area contributed by atoms with Crippen LogP contribution in [0.3, 0.4) is 0 Å². The van der Waals surface area contributed by atoms with E-state index in [-0.39, 0.29) is 0 Å². The normalized spacial score (nSPS) is 20.4. The first-order valence-corrected chi connectivity index (χ1v) is 9.76. The molecule has 0 radical (unpaired) electrons. The monoisotopic (exact) mass is 282 g/mol. The van der Waals surface area contributed by atoms with Gasteiger partial charge in [-0.15, -0.1) is 0 Å². The van der Waals surface area contributed by atoms with Gasteiger partial charge in [-0.05, 0) is 18.3 Å². The molecule has 0 nitrogen and oxygen atoms in total. The molecular weight excluding hydrogens is 240 g/mol. The summed E-state index contributed by atoms with van der Waals surface area (Å²) in [6, 6.07) is 0. The minimum atomic E-state index is 1.07. The van der Waals surface area contributed by atoms with Gasteiger partial charge in [0.05, 0.1) is 0 Å². The van der Waals surface area contributed by atoms with E-state index in [1.165, 1.54) is 89.9 Å². The van der Waals surface area contributed by atoms with Crippen molar-refractivity contribution in [3.05, 3.63) is 0 Å². The second-order valence-corrected chi connectivity index (χ2v) is 6.94. The van der Waals surface area contributed by atoms with Crippen LogP contribution in [0.5, 0.6) is 0 Å². The standard InChI is InChI=1S/C10H20.C10H22/c1-3-4-5-6-7-10-8-9(10)2;1-3-5-7-9-10-8-6-4-2/h9-10H,3-8H2,1-2H3;3-10H2,1-2H3. The van der Waals surface area contributed by atoms with Crippen LogP contribution in [0.1, 0.15) is 118 Å². The fourth-order valence-electron chi connectivity index (χ4n) is 2.84. The lowest BCUT2D eigenvalue weighted by Gasteiger charge is -1.97. The van der Waals surface area contributed by atoms with E-state index >= 15 is 0 Å². The number of rotatable bonds is 12. The lowest BCUT2D eigenvalue weighted by molar-refractivity contribution is 0.577. The SMILES string of the molecule is CCCCCCC1CC1C.CCCCCCCCCC. The van der Waals surface area contributed by atoms with Gasteiger partial charge in [0.2, 0.25) is 0 Å². The Morgan fingerprint density at radius 1 is 0.600 bits per heavy atom. The predicted octanol–water partition coefficient (Wildman–Crippen LogP) is 7.76. The highest BCUT2D eigenvalue weighted by atomic mass is 14.4. The smallest absolute Gasteiger partial charge is 0.0386 e. The minimum Gasteiger partial charge on any atom is -0.0654 e. The molecule has 0 amide bonds. The predicted molar refractivity (Wildman–Crippen MR) is 94.3 cm³/mol. The molecule has 0 aromatic rings. The second kappa shape index (κ2) is 15.4. The van der Waals surface area contributed by atoms with Crippen molar-refractivity contribution in [1.29, 1.82) is 0 Å². The van der Waals surface area contributed by atoms with Crippen LogP contribution in [0, 0.1) is 11.8 Å². The summed E-state index contributed by atoms with van der Waals surface area (Å²) in [6.45, 7) is 9.20. The van der Waals surface area contributed by atoms with Crippen molar-refractivity contribution in [2.24, 2.45) is 11.8 Å². The van der Waals surface area contributed by atoms with Crippen LogP contribution < -0.4 is 0 Å². The number of hydrogen-bond acceptors (Lipinski definition) is 0. The Labute approximate surface area is 130 Å². The molecule has 0 heteroatoms. The summed E-state index contributed by atoms with van der Waals surface area (Å²) in [7, 11) is 0. The first-order valence-electron chi connectivity index (χ1n) is 9.76. The second-order valence-electron chi connectivity index (χ2n) is 6.94. The third kappa shape index (κ3) is 14.4. The highest BCUT2D eigenvalue weighted by molar-refractivity contribution is 4.81. The zero-order chi connectivity index (χ0) is 15.1. The van der Waals surface area contributed by atoms with Gasteiger partial charge >= 0.3 is 0 Å². The average Bonchev–Trinajstić information content (AvgIpc) is 3.16. The first-order chi connectivity index (χ1) is 9.76. The van der Waals surface area contributed by atoms with Crippen molar-refractivity contribution in [2.75, 3.05) is 0 Å². The van der Waals surface area contributed by atoms with Crippen LogP contribution in [0.25, 0.3) is 0 Å². The topological polar surface area (TPSA) is 0 Å². The van der Waals surface area contributed by atoms with Crippen LogP contribution in [0.15, 0.2) is 0 Å². The van der Waals surface area contributed by atoms with E-state index in [1.54, 1.807) is 0 Å². The summed E-state index contributed by atoms with van der Waals surface area (Å²) in [5, 5.41) is 0. The quantitative estimate of drug-likeness (QED) is 0.321. The van der Waals surface area contributed by atoms with Crippen LogP contribution in [0.4, 0.5) is 0 Å². The van der Waals surface area contributed by atoms with E-state index in [0.29, 0.717) is 0 Å². The van der Waals surface area contributed by atoms with Gasteiger partial charge in [-0.3, -0.25) is 0 Å². The molecule has 1 aliphatic carbocycles. The molecule has 0 saturated heterocycles. The zero-order valence-corrected chi connectivity index (χ0v) is 15.1. The summed E-state index contributed by atoms with van der Waals surface area (Å²) in [6.07, 6.45) is 20.3. The number of hydrogen-bond donors (Lipinski definition) is 0. The molecule has 0 heterocycles. The Kier molecular flexibility index (Phi) is 15.4. The Hall–Kier alpha value is 0. The van der Waals surface area contributed by atoms with Gasteiger partial charge in [0, 0.05) is 0 Å². The van der Waals surface area contributed by atoms with E-state index in [1.807, 2.05) is 0 Å². The zero-order valence-electron chi connectivity index (χ0n) is 15.1. The summed E-state index contributed by atoms with van der Waals surface area (Å²) >= 11 is 0. The number of unbranched alkanes of at least 4 members (excludes halogenated alkanes) is 10. The van der Waals surface area contributed by atoms with Gasteiger partial charge in [0.25, 0.3) is 0 Å². The van der Waals surface area contributed by atoms with Crippen LogP contribution in [0.2, 0.25) is 0 Å². The van der Waals surface area contributed by atoms with Gasteiger partial charge < -0.3 is 0 Å². The minimum absolute atomic E-state index is 1.07. The Balaban J connectivity index is 0.000000361. The Morgan fingerprint density at radius 3 is 1.30 bits per heavy atom. The molecule has 0 N–H and O–H groups in total. The van der Waals surface area contributed by atoms with Gasteiger partial charge in [0.1, 0.15) is 0 Å². The molecule has 20 heavy (non-hydrogen) atoms. The van der Waals surface area contributed by atoms with Crippen molar-refractivity contribution in [3.63, 3.8) is 0 Å². The summed E-state index contributed by atoms with van der Waals surface area (Å²) in [5.74, 6) is 2.19. The van der Waals surface area contributed by atoms with Crippen LogP contribution in [-0.2, 0) is 0 Å². The molecule has 1 aliphatic rings. The fraction of sp³-hybridized carbons (Fsp3) is 1.00. The van der Waals surface area contributed by atoms with Gasteiger partial charge in [-0.2, -0.15) is 0 Å². The third-order valence-corrected chi connectivity index (χ3v) is 4.66. The molecule has 1 fully saturated rings. The van der Waals surface area contributed by atoms with E-state index in [4.69, 9.17) is 0 Å². The van der Waals surface area contributed by atoms with Crippen molar-refractivity contribution < 1.29 is 0 Å².